The summed E-state index contributed by atoms with van der Waals surface area (Å²) in [6.45, 7) is 0.392. The van der Waals surface area contributed by atoms with Gasteiger partial charge in [0.15, 0.2) is 5.76 Å². The summed E-state index contributed by atoms with van der Waals surface area (Å²) >= 11 is 6.19. The van der Waals surface area contributed by atoms with Gasteiger partial charge in [0.05, 0.1) is 17.1 Å². The molecule has 0 bridgehead atoms. The van der Waals surface area contributed by atoms with Crippen LogP contribution >= 0.6 is 11.6 Å². The van der Waals surface area contributed by atoms with Crippen molar-refractivity contribution in [1.29, 1.82) is 0 Å². The van der Waals surface area contributed by atoms with Crippen molar-refractivity contribution in [3.63, 3.8) is 0 Å². The first kappa shape index (κ1) is 25.4. The number of aromatic nitrogens is 2. The number of para-hydroxylation sites is 1. The molecule has 0 saturated carbocycles. The van der Waals surface area contributed by atoms with Gasteiger partial charge in [0, 0.05) is 41.8 Å². The average Bonchev–Trinajstić information content (AvgIpc) is 3.39. The van der Waals surface area contributed by atoms with Gasteiger partial charge in [-0.25, -0.2) is 4.98 Å². The van der Waals surface area contributed by atoms with E-state index in [4.69, 9.17) is 25.7 Å². The normalized spacial score (nSPS) is 11.5. The van der Waals surface area contributed by atoms with Crippen LogP contribution in [0.2, 0.25) is 5.02 Å². The lowest BCUT2D eigenvalue weighted by Crippen LogP contribution is -2.20. The van der Waals surface area contributed by atoms with Crippen LogP contribution < -0.4 is 15.2 Å². The van der Waals surface area contributed by atoms with Gasteiger partial charge in [-0.1, -0.05) is 54.1 Å². The first-order chi connectivity index (χ1) is 19.5. The molecule has 0 spiro atoms. The quantitative estimate of drug-likeness (QED) is 0.201. The lowest BCUT2D eigenvalue weighted by atomic mass is 10.2. The highest BCUT2D eigenvalue weighted by atomic mass is 35.5. The van der Waals surface area contributed by atoms with E-state index in [1.807, 2.05) is 79.7 Å². The fraction of sp³-hybridized carbons (Fsp3) is 0.0938. The molecule has 0 aliphatic carbocycles. The number of benzene rings is 4. The standard InChI is InChI=1S/C32H25ClN4O3/c1-36(2)25-14-12-22(29(18-25)39-20-21-8-4-3-5-9-21)19-34-37-31(35-27-11-7-6-10-26(27)32(37)38)30-17-23-16-24(33)13-15-28(23)40-30/h3-19H,20H2,1-2H3. The lowest BCUT2D eigenvalue weighted by Gasteiger charge is -2.16. The monoisotopic (exact) mass is 548 g/mol. The molecule has 0 saturated heterocycles. The summed E-state index contributed by atoms with van der Waals surface area (Å²) in [4.78, 5) is 20.4. The Morgan fingerprint density at radius 1 is 0.975 bits per heavy atom. The summed E-state index contributed by atoms with van der Waals surface area (Å²) < 4.78 is 13.6. The number of ether oxygens (including phenoxy) is 1. The average molecular weight is 549 g/mol. The highest BCUT2D eigenvalue weighted by molar-refractivity contribution is 6.31. The van der Waals surface area contributed by atoms with E-state index in [9.17, 15) is 4.79 Å². The third-order valence-electron chi connectivity index (χ3n) is 6.52. The molecule has 0 radical (unpaired) electrons. The minimum absolute atomic E-state index is 0.281. The second kappa shape index (κ2) is 10.7. The maximum atomic E-state index is 13.7. The third kappa shape index (κ3) is 5.07. The second-order valence-electron chi connectivity index (χ2n) is 9.50. The Morgan fingerprint density at radius 3 is 2.60 bits per heavy atom. The predicted molar refractivity (Wildman–Crippen MR) is 161 cm³/mol. The summed E-state index contributed by atoms with van der Waals surface area (Å²) in [6, 6.07) is 30.1. The largest absolute Gasteiger partial charge is 0.488 e. The highest BCUT2D eigenvalue weighted by Gasteiger charge is 2.17. The molecule has 0 amide bonds. The minimum atomic E-state index is -0.313. The number of nitrogens with zero attached hydrogens (tertiary/aromatic N) is 4. The topological polar surface area (TPSA) is 72.9 Å². The van der Waals surface area contributed by atoms with Gasteiger partial charge in [0.1, 0.15) is 17.9 Å². The molecule has 8 heteroatoms. The van der Waals surface area contributed by atoms with Crippen LogP contribution in [0.1, 0.15) is 11.1 Å². The molecule has 6 rings (SSSR count). The maximum Gasteiger partial charge on any atom is 0.282 e. The molecule has 0 aliphatic rings. The number of halogens is 1. The number of hydrogen-bond acceptors (Lipinski definition) is 6. The van der Waals surface area contributed by atoms with E-state index in [-0.39, 0.29) is 11.4 Å². The molecule has 4 aromatic carbocycles. The van der Waals surface area contributed by atoms with Gasteiger partial charge in [0.25, 0.3) is 5.56 Å². The van der Waals surface area contributed by atoms with Crippen molar-refractivity contribution >= 4 is 45.4 Å². The number of anilines is 1. The highest BCUT2D eigenvalue weighted by Crippen LogP contribution is 2.29. The van der Waals surface area contributed by atoms with E-state index < -0.39 is 0 Å². The van der Waals surface area contributed by atoms with Crippen LogP contribution in [-0.2, 0) is 6.61 Å². The van der Waals surface area contributed by atoms with Gasteiger partial charge in [-0.2, -0.15) is 9.78 Å². The first-order valence-electron chi connectivity index (χ1n) is 12.7. The molecular weight excluding hydrogens is 524 g/mol. The molecule has 7 nitrogen and oxygen atoms in total. The molecule has 0 unspecified atom stereocenters. The summed E-state index contributed by atoms with van der Waals surface area (Å²) in [5.41, 5.74) is 3.60. The Morgan fingerprint density at radius 2 is 1.77 bits per heavy atom. The van der Waals surface area contributed by atoms with Crippen LogP contribution in [0.5, 0.6) is 5.75 Å². The van der Waals surface area contributed by atoms with Crippen molar-refractivity contribution in [3.05, 3.63) is 124 Å². The van der Waals surface area contributed by atoms with Crippen LogP contribution in [0.15, 0.2) is 111 Å². The van der Waals surface area contributed by atoms with E-state index in [0.717, 1.165) is 16.6 Å². The third-order valence-corrected chi connectivity index (χ3v) is 6.75. The summed E-state index contributed by atoms with van der Waals surface area (Å²) in [5.74, 6) is 1.32. The molecule has 0 atom stereocenters. The Hall–Kier alpha value is -4.88. The van der Waals surface area contributed by atoms with Crippen LogP contribution in [0.25, 0.3) is 33.5 Å². The van der Waals surface area contributed by atoms with Crippen molar-refractivity contribution in [1.82, 2.24) is 9.66 Å². The number of fused-ring (bicyclic) bond motifs is 2. The first-order valence-corrected chi connectivity index (χ1v) is 13.1. The van der Waals surface area contributed by atoms with Gasteiger partial charge in [-0.05, 0) is 54.1 Å². The zero-order chi connectivity index (χ0) is 27.6. The van der Waals surface area contributed by atoms with E-state index >= 15 is 0 Å². The molecule has 198 valence electrons. The predicted octanol–water partition coefficient (Wildman–Crippen LogP) is 6.99. The Balaban J connectivity index is 1.46. The van der Waals surface area contributed by atoms with Crippen molar-refractivity contribution in [3.8, 4) is 17.3 Å². The van der Waals surface area contributed by atoms with Crippen molar-refractivity contribution in [2.75, 3.05) is 19.0 Å². The SMILES string of the molecule is CN(C)c1ccc(C=Nn2c(-c3cc4cc(Cl)ccc4o3)nc3ccccc3c2=O)c(OCc2ccccc2)c1. The van der Waals surface area contributed by atoms with Gasteiger partial charge in [0.2, 0.25) is 5.82 Å². The Labute approximate surface area is 235 Å². The van der Waals surface area contributed by atoms with E-state index in [1.165, 1.54) is 4.68 Å². The molecule has 0 aliphatic heterocycles. The molecular formula is C32H25ClN4O3. The molecule has 6 aromatic rings. The Bertz CT molecular complexity index is 1930. The van der Waals surface area contributed by atoms with Crippen molar-refractivity contribution < 1.29 is 9.15 Å². The molecule has 40 heavy (non-hydrogen) atoms. The number of furan rings is 1. The van der Waals surface area contributed by atoms with Crippen molar-refractivity contribution in [2.45, 2.75) is 6.61 Å². The summed E-state index contributed by atoms with van der Waals surface area (Å²) in [7, 11) is 3.94. The molecule has 2 heterocycles. The summed E-state index contributed by atoms with van der Waals surface area (Å²) in [6.07, 6.45) is 1.61. The number of rotatable bonds is 7. The van der Waals surface area contributed by atoms with Crippen LogP contribution in [0, 0.1) is 0 Å². The smallest absolute Gasteiger partial charge is 0.282 e. The maximum absolute atomic E-state index is 13.7. The summed E-state index contributed by atoms with van der Waals surface area (Å²) in [5, 5.41) is 6.46. The Kier molecular flexibility index (Phi) is 6.80. The van der Waals surface area contributed by atoms with Gasteiger partial charge in [-0.3, -0.25) is 4.79 Å². The fourth-order valence-electron chi connectivity index (χ4n) is 4.40. The van der Waals surface area contributed by atoms with Gasteiger partial charge < -0.3 is 14.1 Å². The van der Waals surface area contributed by atoms with Crippen LogP contribution in [-0.4, -0.2) is 30.0 Å². The van der Waals surface area contributed by atoms with Crippen molar-refractivity contribution in [2.24, 2.45) is 5.10 Å². The van der Waals surface area contributed by atoms with E-state index in [2.05, 4.69) is 5.10 Å². The lowest BCUT2D eigenvalue weighted by molar-refractivity contribution is 0.306. The minimum Gasteiger partial charge on any atom is -0.488 e. The molecule has 2 aromatic heterocycles. The second-order valence-corrected chi connectivity index (χ2v) is 9.93. The van der Waals surface area contributed by atoms with E-state index in [1.54, 1.807) is 42.6 Å². The van der Waals surface area contributed by atoms with Gasteiger partial charge in [-0.15, -0.1) is 0 Å². The zero-order valence-corrected chi connectivity index (χ0v) is 22.7. The zero-order valence-electron chi connectivity index (χ0n) is 21.9. The molecule has 0 fully saturated rings. The fourth-order valence-corrected chi connectivity index (χ4v) is 4.58. The van der Waals surface area contributed by atoms with E-state index in [0.29, 0.717) is 45.2 Å². The number of hydrogen-bond donors (Lipinski definition) is 0. The van der Waals surface area contributed by atoms with Crippen LogP contribution in [0.4, 0.5) is 5.69 Å². The van der Waals surface area contributed by atoms with Gasteiger partial charge >= 0.3 is 0 Å². The molecule has 0 N–H and O–H groups in total. The van der Waals surface area contributed by atoms with Crippen LogP contribution in [0.3, 0.4) is 0 Å².